The van der Waals surface area contributed by atoms with E-state index in [0.717, 1.165) is 38.7 Å². The Kier molecular flexibility index (Phi) is 8.79. The van der Waals surface area contributed by atoms with E-state index in [4.69, 9.17) is 15.5 Å². The molecular formula is C39H29N4P. The zero-order valence-corrected chi connectivity index (χ0v) is 24.8. The smallest absolute Gasteiger partial charge is 0.104 e. The van der Waals surface area contributed by atoms with Gasteiger partial charge in [0.2, 0.25) is 0 Å². The van der Waals surface area contributed by atoms with Crippen LogP contribution >= 0.6 is 8.07 Å². The minimum absolute atomic E-state index is 0.319. The van der Waals surface area contributed by atoms with Crippen molar-refractivity contribution in [2.75, 3.05) is 0 Å². The standard InChI is InChI=1S/C39H29N4P/c40-28-35(38(41)32-26-36(29-16-6-1-7-17-29)42-37(27-32)30-18-8-2-9-19-30)39(31-20-10-3-11-21-31)43-44(33-22-12-4-13-23-33)34-24-14-5-15-25-34/h1-27H,41H2/b38-35-,43-39-. The van der Waals surface area contributed by atoms with Crippen LogP contribution in [0.4, 0.5) is 0 Å². The summed E-state index contributed by atoms with van der Waals surface area (Å²) in [6.07, 6.45) is 0. The molecule has 0 saturated heterocycles. The van der Waals surface area contributed by atoms with Gasteiger partial charge >= 0.3 is 0 Å². The third-order valence-corrected chi connectivity index (χ3v) is 9.12. The Morgan fingerprint density at radius 3 is 1.41 bits per heavy atom. The fraction of sp³-hybridized carbons (Fsp3) is 0. The molecule has 1 heterocycles. The van der Waals surface area contributed by atoms with Gasteiger partial charge in [0.05, 0.1) is 30.9 Å². The Balaban J connectivity index is 1.59. The lowest BCUT2D eigenvalue weighted by molar-refractivity contribution is 1.30. The molecule has 5 heteroatoms. The van der Waals surface area contributed by atoms with Crippen LogP contribution in [0.2, 0.25) is 0 Å². The van der Waals surface area contributed by atoms with Gasteiger partial charge in [-0.2, -0.15) is 5.26 Å². The highest BCUT2D eigenvalue weighted by atomic mass is 31.1. The number of aromatic nitrogens is 1. The topological polar surface area (TPSA) is 75.1 Å². The number of hydrogen-bond donors (Lipinski definition) is 1. The molecule has 0 aliphatic rings. The quantitative estimate of drug-likeness (QED) is 0.111. The summed E-state index contributed by atoms with van der Waals surface area (Å²) >= 11 is 0. The summed E-state index contributed by atoms with van der Waals surface area (Å²) < 4.78 is 5.37. The molecule has 0 unspecified atom stereocenters. The van der Waals surface area contributed by atoms with E-state index in [2.05, 4.69) is 30.3 Å². The first-order valence-corrected chi connectivity index (χ1v) is 15.6. The highest BCUT2D eigenvalue weighted by molar-refractivity contribution is 7.72. The Bertz CT molecular complexity index is 1850. The fourth-order valence-electron chi connectivity index (χ4n) is 4.94. The number of allylic oxidation sites excluding steroid dienone is 1. The highest BCUT2D eigenvalue weighted by Gasteiger charge is 2.21. The zero-order chi connectivity index (χ0) is 30.1. The second-order valence-corrected chi connectivity index (χ2v) is 11.9. The molecule has 210 valence electrons. The van der Waals surface area contributed by atoms with Gasteiger partial charge in [-0.05, 0) is 12.1 Å². The molecule has 0 saturated carbocycles. The molecular weight excluding hydrogens is 555 g/mol. The predicted molar refractivity (Wildman–Crippen MR) is 184 cm³/mol. The molecule has 0 bridgehead atoms. The molecule has 4 nitrogen and oxygen atoms in total. The van der Waals surface area contributed by atoms with Crippen molar-refractivity contribution in [3.63, 3.8) is 0 Å². The predicted octanol–water partition coefficient (Wildman–Crippen LogP) is 8.15. The van der Waals surface area contributed by atoms with Crippen molar-refractivity contribution in [3.8, 4) is 28.6 Å². The van der Waals surface area contributed by atoms with E-state index in [-0.39, 0.29) is 0 Å². The summed E-state index contributed by atoms with van der Waals surface area (Å²) in [5.74, 6) is 0. The van der Waals surface area contributed by atoms with Crippen LogP contribution in [0.25, 0.3) is 28.2 Å². The van der Waals surface area contributed by atoms with E-state index in [1.54, 1.807) is 0 Å². The van der Waals surface area contributed by atoms with Crippen molar-refractivity contribution in [3.05, 3.63) is 180 Å². The van der Waals surface area contributed by atoms with Crippen LogP contribution in [0.15, 0.2) is 174 Å². The molecule has 0 amide bonds. The third-order valence-electron chi connectivity index (χ3n) is 7.14. The summed E-state index contributed by atoms with van der Waals surface area (Å²) in [5, 5.41) is 12.9. The van der Waals surface area contributed by atoms with Crippen LogP contribution in [0, 0.1) is 11.3 Å². The molecule has 0 fully saturated rings. The number of nitrogens with zero attached hydrogens (tertiary/aromatic N) is 3. The number of nitrogens with two attached hydrogens (primary N) is 1. The van der Waals surface area contributed by atoms with Crippen molar-refractivity contribution in [1.29, 1.82) is 5.26 Å². The Hall–Kier alpha value is -5.62. The first-order chi connectivity index (χ1) is 21.7. The van der Waals surface area contributed by atoms with E-state index >= 15 is 0 Å². The van der Waals surface area contributed by atoms with Crippen LogP contribution in [-0.2, 0) is 0 Å². The maximum atomic E-state index is 10.7. The largest absolute Gasteiger partial charge is 0.397 e. The zero-order valence-electron chi connectivity index (χ0n) is 24.0. The summed E-state index contributed by atoms with van der Waals surface area (Å²) in [6.45, 7) is 0. The maximum absolute atomic E-state index is 10.7. The summed E-state index contributed by atoms with van der Waals surface area (Å²) in [7, 11) is -1.20. The molecule has 1 aromatic heterocycles. The van der Waals surface area contributed by atoms with Gasteiger partial charge in [-0.15, -0.1) is 0 Å². The first-order valence-electron chi connectivity index (χ1n) is 14.3. The van der Waals surface area contributed by atoms with E-state index in [0.29, 0.717) is 22.5 Å². The van der Waals surface area contributed by atoms with Crippen molar-refractivity contribution in [2.45, 2.75) is 0 Å². The van der Waals surface area contributed by atoms with Crippen LogP contribution in [0.5, 0.6) is 0 Å². The molecule has 2 N–H and O–H groups in total. The lowest BCUT2D eigenvalue weighted by Gasteiger charge is -2.18. The summed E-state index contributed by atoms with van der Waals surface area (Å²) in [5.41, 5.74) is 13.2. The van der Waals surface area contributed by atoms with E-state index in [9.17, 15) is 5.26 Å². The molecule has 0 aliphatic heterocycles. The fourth-order valence-corrected chi connectivity index (χ4v) is 6.79. The lowest BCUT2D eigenvalue weighted by Crippen LogP contribution is -2.15. The molecule has 0 aliphatic carbocycles. The van der Waals surface area contributed by atoms with Gasteiger partial charge in [0.15, 0.2) is 0 Å². The van der Waals surface area contributed by atoms with Gasteiger partial charge < -0.3 is 5.73 Å². The van der Waals surface area contributed by atoms with Gasteiger partial charge in [0, 0.05) is 32.9 Å². The van der Waals surface area contributed by atoms with Gasteiger partial charge in [-0.1, -0.05) is 152 Å². The maximum Gasteiger partial charge on any atom is 0.104 e. The SMILES string of the molecule is N#CC(/C(=N\P(c1ccccc1)c1ccccc1)c1ccccc1)=C(/N)c1cc(-c2ccccc2)nc(-c2ccccc2)c1. The molecule has 6 aromatic rings. The van der Waals surface area contributed by atoms with E-state index in [1.165, 1.54) is 0 Å². The molecule has 5 aromatic carbocycles. The van der Waals surface area contributed by atoms with Crippen molar-refractivity contribution in [1.82, 2.24) is 4.98 Å². The Morgan fingerprint density at radius 2 is 0.977 bits per heavy atom. The number of pyridine rings is 1. The number of benzene rings is 5. The highest BCUT2D eigenvalue weighted by Crippen LogP contribution is 2.38. The number of hydrogen-bond acceptors (Lipinski definition) is 4. The van der Waals surface area contributed by atoms with Crippen LogP contribution in [0.1, 0.15) is 11.1 Å². The monoisotopic (exact) mass is 584 g/mol. The second-order valence-electron chi connectivity index (χ2n) is 10.1. The first kappa shape index (κ1) is 28.5. The summed E-state index contributed by atoms with van der Waals surface area (Å²) in [6, 6.07) is 56.6. The number of rotatable bonds is 8. The van der Waals surface area contributed by atoms with Gasteiger partial charge in [0.25, 0.3) is 0 Å². The van der Waals surface area contributed by atoms with Gasteiger partial charge in [-0.25, -0.2) is 9.75 Å². The molecule has 6 rings (SSSR count). The number of nitriles is 1. The molecule has 44 heavy (non-hydrogen) atoms. The van der Waals surface area contributed by atoms with Crippen LogP contribution in [-0.4, -0.2) is 10.7 Å². The average molecular weight is 585 g/mol. The normalized spacial score (nSPS) is 12.0. The van der Waals surface area contributed by atoms with E-state index in [1.807, 2.05) is 140 Å². The molecule has 0 radical (unpaired) electrons. The van der Waals surface area contributed by atoms with Crippen LogP contribution in [0.3, 0.4) is 0 Å². The van der Waals surface area contributed by atoms with Gasteiger partial charge in [0.1, 0.15) is 11.6 Å². The Morgan fingerprint density at radius 1 is 0.568 bits per heavy atom. The summed E-state index contributed by atoms with van der Waals surface area (Å²) in [4.78, 5) is 4.98. The molecule has 0 spiro atoms. The Labute approximate surface area is 259 Å². The van der Waals surface area contributed by atoms with Crippen molar-refractivity contribution < 1.29 is 0 Å². The minimum atomic E-state index is -1.20. The van der Waals surface area contributed by atoms with Gasteiger partial charge in [-0.3, -0.25) is 0 Å². The average Bonchev–Trinajstić information content (AvgIpc) is 3.11. The van der Waals surface area contributed by atoms with Crippen molar-refractivity contribution >= 4 is 30.1 Å². The second kappa shape index (κ2) is 13.6. The van der Waals surface area contributed by atoms with Crippen LogP contribution < -0.4 is 16.3 Å². The van der Waals surface area contributed by atoms with E-state index < -0.39 is 8.07 Å². The third kappa shape index (κ3) is 6.40. The lowest BCUT2D eigenvalue weighted by atomic mass is 9.97. The molecule has 0 atom stereocenters. The van der Waals surface area contributed by atoms with Crippen molar-refractivity contribution in [2.24, 2.45) is 10.5 Å². The minimum Gasteiger partial charge on any atom is -0.397 e.